The third-order valence-electron chi connectivity index (χ3n) is 5.34. The van der Waals surface area contributed by atoms with Gasteiger partial charge in [-0.25, -0.2) is 0 Å². The number of rotatable bonds is 8. The molecule has 148 valence electrons. The zero-order chi connectivity index (χ0) is 18.9. The maximum atomic E-state index is 8.87. The lowest BCUT2D eigenvalue weighted by Crippen LogP contribution is -2.33. The summed E-state index contributed by atoms with van der Waals surface area (Å²) in [4.78, 5) is 0. The summed E-state index contributed by atoms with van der Waals surface area (Å²) in [6, 6.07) is 9.49. The molecular formula is C22H31NO4. The predicted molar refractivity (Wildman–Crippen MR) is 102 cm³/mol. The van der Waals surface area contributed by atoms with Crippen molar-refractivity contribution in [3.05, 3.63) is 35.4 Å². The summed E-state index contributed by atoms with van der Waals surface area (Å²) in [6.45, 7) is 5.24. The Balaban J connectivity index is 1.31. The fourth-order valence-electron chi connectivity index (χ4n) is 3.59. The summed E-state index contributed by atoms with van der Waals surface area (Å²) in [5, 5.41) is 8.87. The fourth-order valence-corrected chi connectivity index (χ4v) is 3.59. The van der Waals surface area contributed by atoms with Crippen LogP contribution in [-0.4, -0.2) is 32.7 Å². The molecule has 1 aromatic carbocycles. The Hall–Kier alpha value is -1.45. The van der Waals surface area contributed by atoms with Crippen LogP contribution in [0.1, 0.15) is 62.9 Å². The summed E-state index contributed by atoms with van der Waals surface area (Å²) in [7, 11) is 0. The van der Waals surface area contributed by atoms with Crippen molar-refractivity contribution in [1.82, 2.24) is 0 Å². The van der Waals surface area contributed by atoms with Gasteiger partial charge in [-0.3, -0.25) is 0 Å². The first-order valence-corrected chi connectivity index (χ1v) is 10.2. The molecule has 0 unspecified atom stereocenters. The number of hydrogen-bond donors (Lipinski definition) is 0. The van der Waals surface area contributed by atoms with Gasteiger partial charge in [0.05, 0.1) is 38.1 Å². The molecule has 0 radical (unpaired) electrons. The summed E-state index contributed by atoms with van der Waals surface area (Å²) < 4.78 is 23.5. The monoisotopic (exact) mass is 373 g/mol. The van der Waals surface area contributed by atoms with Crippen LogP contribution in [0.4, 0.5) is 0 Å². The zero-order valence-corrected chi connectivity index (χ0v) is 16.3. The molecule has 5 heteroatoms. The van der Waals surface area contributed by atoms with Gasteiger partial charge in [0.2, 0.25) is 0 Å². The summed E-state index contributed by atoms with van der Waals surface area (Å²) in [5.41, 5.74) is 1.60. The molecule has 2 heterocycles. The van der Waals surface area contributed by atoms with Gasteiger partial charge in [0.25, 0.3) is 0 Å². The highest BCUT2D eigenvalue weighted by Gasteiger charge is 2.26. The molecule has 1 aromatic rings. The van der Waals surface area contributed by atoms with E-state index >= 15 is 0 Å². The molecule has 0 spiro atoms. The van der Waals surface area contributed by atoms with Crippen LogP contribution in [0.2, 0.25) is 0 Å². The summed E-state index contributed by atoms with van der Waals surface area (Å²) >= 11 is 0. The minimum Gasteiger partial charge on any atom is -0.352 e. The molecule has 3 rings (SSSR count). The van der Waals surface area contributed by atoms with E-state index in [0.29, 0.717) is 30.6 Å². The van der Waals surface area contributed by atoms with Crippen LogP contribution in [0.25, 0.3) is 0 Å². The predicted octanol–water partition coefficient (Wildman–Crippen LogP) is 4.57. The Labute approximate surface area is 162 Å². The van der Waals surface area contributed by atoms with Crippen molar-refractivity contribution in [1.29, 1.82) is 5.26 Å². The first-order valence-electron chi connectivity index (χ1n) is 10.2. The highest BCUT2D eigenvalue weighted by Crippen LogP contribution is 2.28. The van der Waals surface area contributed by atoms with Gasteiger partial charge >= 0.3 is 0 Å². The summed E-state index contributed by atoms with van der Waals surface area (Å²) in [6.07, 6.45) is 6.49. The maximum absolute atomic E-state index is 8.87. The third kappa shape index (κ3) is 6.29. The van der Waals surface area contributed by atoms with E-state index < -0.39 is 0 Å². The van der Waals surface area contributed by atoms with Crippen molar-refractivity contribution in [2.45, 2.75) is 58.0 Å². The van der Waals surface area contributed by atoms with E-state index in [-0.39, 0.29) is 12.6 Å². The molecule has 2 fully saturated rings. The Morgan fingerprint density at radius 1 is 0.852 bits per heavy atom. The van der Waals surface area contributed by atoms with Gasteiger partial charge in [0.1, 0.15) is 0 Å². The lowest BCUT2D eigenvalue weighted by atomic mass is 10.0. The van der Waals surface area contributed by atoms with E-state index in [1.807, 2.05) is 12.1 Å². The van der Waals surface area contributed by atoms with E-state index in [0.717, 1.165) is 31.6 Å². The van der Waals surface area contributed by atoms with E-state index in [9.17, 15) is 0 Å². The third-order valence-corrected chi connectivity index (χ3v) is 5.34. The molecule has 2 aliphatic rings. The van der Waals surface area contributed by atoms with Gasteiger partial charge in [0, 0.05) is 17.4 Å². The van der Waals surface area contributed by atoms with Crippen LogP contribution in [0, 0.1) is 23.2 Å². The van der Waals surface area contributed by atoms with E-state index in [1.165, 1.54) is 25.7 Å². The Morgan fingerprint density at radius 3 is 2.11 bits per heavy atom. The molecule has 0 atom stereocenters. The van der Waals surface area contributed by atoms with Crippen molar-refractivity contribution in [3.63, 3.8) is 0 Å². The second-order valence-corrected chi connectivity index (χ2v) is 7.63. The first kappa shape index (κ1) is 20.3. The average molecular weight is 373 g/mol. The lowest BCUT2D eigenvalue weighted by molar-refractivity contribution is -0.220. The van der Waals surface area contributed by atoms with Gasteiger partial charge in [-0.05, 0) is 31.4 Å². The summed E-state index contributed by atoms with van der Waals surface area (Å²) in [5.74, 6) is 0.927. The van der Waals surface area contributed by atoms with Crippen LogP contribution in [0.5, 0.6) is 0 Å². The van der Waals surface area contributed by atoms with E-state index in [4.69, 9.17) is 24.2 Å². The maximum Gasteiger partial charge on any atom is 0.183 e. The molecular weight excluding hydrogens is 342 g/mol. The average Bonchev–Trinajstić information content (AvgIpc) is 2.74. The molecule has 0 saturated carbocycles. The minimum absolute atomic E-state index is 0.0799. The molecule has 2 aliphatic heterocycles. The van der Waals surface area contributed by atoms with Gasteiger partial charge in [0.15, 0.2) is 12.6 Å². The van der Waals surface area contributed by atoms with E-state index in [2.05, 4.69) is 13.0 Å². The van der Waals surface area contributed by atoms with Crippen molar-refractivity contribution in [3.8, 4) is 6.07 Å². The normalized spacial score (nSPS) is 28.6. The smallest absolute Gasteiger partial charge is 0.183 e. The number of nitrogens with zero attached hydrogens (tertiary/aromatic N) is 1. The lowest BCUT2D eigenvalue weighted by Gasteiger charge is -2.32. The number of unbranched alkanes of at least 4 members (excludes halogenated alkanes) is 2. The topological polar surface area (TPSA) is 60.7 Å². The highest BCUT2D eigenvalue weighted by molar-refractivity contribution is 5.32. The van der Waals surface area contributed by atoms with Gasteiger partial charge < -0.3 is 18.9 Å². The Bertz CT molecular complexity index is 581. The van der Waals surface area contributed by atoms with Crippen molar-refractivity contribution in [2.24, 2.45) is 11.8 Å². The molecule has 27 heavy (non-hydrogen) atoms. The molecule has 0 aliphatic carbocycles. The molecule has 5 nitrogen and oxygen atoms in total. The van der Waals surface area contributed by atoms with Gasteiger partial charge in [-0.1, -0.05) is 38.3 Å². The van der Waals surface area contributed by atoms with Crippen LogP contribution in [0.15, 0.2) is 24.3 Å². The molecule has 0 amide bonds. The second-order valence-electron chi connectivity index (χ2n) is 7.63. The number of nitriles is 1. The van der Waals surface area contributed by atoms with Gasteiger partial charge in [-0.2, -0.15) is 5.26 Å². The number of ether oxygens (including phenoxy) is 4. The largest absolute Gasteiger partial charge is 0.352 e. The van der Waals surface area contributed by atoms with Gasteiger partial charge in [-0.15, -0.1) is 0 Å². The molecule has 2 saturated heterocycles. The fraction of sp³-hybridized carbons (Fsp3) is 0.682. The minimum atomic E-state index is -0.333. The SMILES string of the molecule is CCCCC[C@H]1CO[C@H](CC[C@H]2CO[C@H](c3ccc(C#N)cc3)OC2)OC1. The zero-order valence-electron chi connectivity index (χ0n) is 16.3. The number of benzene rings is 1. The van der Waals surface area contributed by atoms with Crippen LogP contribution in [0.3, 0.4) is 0 Å². The van der Waals surface area contributed by atoms with Crippen molar-refractivity contribution in [2.75, 3.05) is 26.4 Å². The molecule has 0 N–H and O–H groups in total. The quantitative estimate of drug-likeness (QED) is 0.625. The highest BCUT2D eigenvalue weighted by atomic mass is 16.7. The Kier molecular flexibility index (Phi) is 8.10. The van der Waals surface area contributed by atoms with Crippen LogP contribution < -0.4 is 0 Å². The number of hydrogen-bond acceptors (Lipinski definition) is 5. The first-order chi connectivity index (χ1) is 13.3. The van der Waals surface area contributed by atoms with Crippen LogP contribution >= 0.6 is 0 Å². The van der Waals surface area contributed by atoms with Crippen LogP contribution in [-0.2, 0) is 18.9 Å². The Morgan fingerprint density at radius 2 is 1.48 bits per heavy atom. The van der Waals surface area contributed by atoms with Crippen molar-refractivity contribution < 1.29 is 18.9 Å². The van der Waals surface area contributed by atoms with E-state index in [1.54, 1.807) is 12.1 Å². The van der Waals surface area contributed by atoms with Crippen molar-refractivity contribution >= 4 is 0 Å². The molecule has 0 bridgehead atoms. The second kappa shape index (κ2) is 10.8. The molecule has 0 aromatic heterocycles. The standard InChI is InChI=1S/C22H31NO4/c1-2-3-4-5-18-13-24-21(25-14-18)11-8-19-15-26-22(27-16-19)20-9-6-17(12-23)7-10-20/h6-7,9-10,18-19,21-22H,2-5,8,11,13-16H2,1H3/t18-,19-,21-,22-.